The zero-order valence-electron chi connectivity index (χ0n) is 24.2. The van der Waals surface area contributed by atoms with Crippen molar-refractivity contribution in [1.29, 1.82) is 0 Å². The first-order valence-corrected chi connectivity index (χ1v) is 17.9. The average Bonchev–Trinajstić information content (AvgIpc) is 3.74. The van der Waals surface area contributed by atoms with Crippen LogP contribution < -0.4 is 14.6 Å². The molecule has 0 fully saturated rings. The Morgan fingerprint density at radius 2 is 1.26 bits per heavy atom. The number of thioether (sulfide) groups is 2. The smallest absolute Gasteiger partial charge is 0.124 e. The van der Waals surface area contributed by atoms with E-state index in [1.54, 1.807) is 11.3 Å². The first kappa shape index (κ1) is 29.0. The van der Waals surface area contributed by atoms with Gasteiger partial charge in [-0.25, -0.2) is 15.0 Å². The molecule has 0 N–H and O–H groups in total. The van der Waals surface area contributed by atoms with Crippen LogP contribution in [0.2, 0.25) is 0 Å². The second-order valence-corrected chi connectivity index (χ2v) is 15.5. The number of hydrogen-bond donors (Lipinski definition) is 1. The Hall–Kier alpha value is -2.78. The van der Waals surface area contributed by atoms with E-state index in [2.05, 4.69) is 105 Å². The van der Waals surface area contributed by atoms with E-state index >= 15 is 0 Å². The number of aromatic nitrogens is 1. The molecule has 0 radical (unpaired) electrons. The van der Waals surface area contributed by atoms with Gasteiger partial charge in [-0.2, -0.15) is 12.6 Å². The molecule has 43 heavy (non-hydrogen) atoms. The normalized spacial score (nSPS) is 22.1. The topological polar surface area (TPSA) is 46.8 Å². The zero-order valence-corrected chi connectivity index (χ0v) is 27.6. The lowest BCUT2D eigenvalue weighted by Crippen LogP contribution is -2.53. The summed E-state index contributed by atoms with van der Waals surface area (Å²) >= 11 is 9.73. The number of unbranched alkanes of at least 4 members (excludes halogenated alkanes) is 3. The number of aliphatic imine (C=N–C) groups is 2. The summed E-state index contributed by atoms with van der Waals surface area (Å²) < 4.78 is 6.51. The SMILES string of the molecule is CC12SC(c3ccccc3)=NC1=c1nc(-c3ccccc3)sc1=C1N=C(c3ccc(OCCCCCCS)cc3)SC12C. The molecule has 2 unspecified atom stereocenters. The molecule has 0 saturated heterocycles. The molecule has 8 heteroatoms. The molecule has 2 aliphatic heterocycles. The highest BCUT2D eigenvalue weighted by atomic mass is 32.2. The van der Waals surface area contributed by atoms with Crippen molar-refractivity contribution in [3.05, 3.63) is 106 Å². The Morgan fingerprint density at radius 1 is 0.674 bits per heavy atom. The molecule has 0 bridgehead atoms. The molecule has 4 nitrogen and oxygen atoms in total. The molecule has 0 saturated carbocycles. The maximum atomic E-state index is 6.04. The van der Waals surface area contributed by atoms with Crippen molar-refractivity contribution in [2.24, 2.45) is 9.98 Å². The van der Waals surface area contributed by atoms with Gasteiger partial charge in [0, 0.05) is 16.7 Å². The standard InChI is InChI=1S/C35H33N3OS4/c1-34-29(37-32(42-34)24-15-9-6-10-16-24)27-28(41-31(36-27)23-13-7-5-8-14-23)30-35(34,2)43-33(38-30)25-17-19-26(20-18-25)39-21-11-3-4-12-22-40/h5-10,13-20,40H,3-4,11-12,21-22H2,1-2H3. The zero-order chi connectivity index (χ0) is 29.4. The van der Waals surface area contributed by atoms with Crippen molar-refractivity contribution in [3.8, 4) is 16.3 Å². The third-order valence-electron chi connectivity index (χ3n) is 8.37. The van der Waals surface area contributed by atoms with Gasteiger partial charge < -0.3 is 4.74 Å². The van der Waals surface area contributed by atoms with Gasteiger partial charge in [-0.15, -0.1) is 11.3 Å². The number of fused-ring (bicyclic) bond motifs is 4. The molecule has 1 aromatic heterocycles. The molecular weight excluding hydrogens is 607 g/mol. The fraction of sp³-hybridized carbons (Fsp3) is 0.286. The minimum absolute atomic E-state index is 0.321. The highest BCUT2D eigenvalue weighted by Crippen LogP contribution is 2.62. The molecule has 2 atom stereocenters. The van der Waals surface area contributed by atoms with E-state index in [0.717, 1.165) is 77.6 Å². The lowest BCUT2D eigenvalue weighted by Gasteiger charge is -2.41. The predicted octanol–water partition coefficient (Wildman–Crippen LogP) is 7.81. The number of benzene rings is 3. The van der Waals surface area contributed by atoms with Crippen molar-refractivity contribution in [3.63, 3.8) is 0 Å². The van der Waals surface area contributed by atoms with E-state index in [-0.39, 0.29) is 9.49 Å². The van der Waals surface area contributed by atoms with Crippen molar-refractivity contribution < 1.29 is 4.74 Å². The van der Waals surface area contributed by atoms with Crippen LogP contribution in [-0.4, -0.2) is 36.9 Å². The fourth-order valence-corrected chi connectivity index (χ4v) is 10.1. The summed E-state index contributed by atoms with van der Waals surface area (Å²) in [6.07, 6.45) is 4.63. The molecule has 7 rings (SSSR count). The number of rotatable bonds is 10. The maximum Gasteiger partial charge on any atom is 0.124 e. The minimum Gasteiger partial charge on any atom is -0.494 e. The van der Waals surface area contributed by atoms with Gasteiger partial charge in [0.2, 0.25) is 0 Å². The van der Waals surface area contributed by atoms with Crippen LogP contribution in [0.25, 0.3) is 22.0 Å². The second-order valence-electron chi connectivity index (χ2n) is 11.2. The lowest BCUT2D eigenvalue weighted by atomic mass is 9.85. The third-order valence-corrected chi connectivity index (χ3v) is 13.0. The highest BCUT2D eigenvalue weighted by molar-refractivity contribution is 8.20. The van der Waals surface area contributed by atoms with Crippen LogP contribution in [0.5, 0.6) is 5.75 Å². The van der Waals surface area contributed by atoms with E-state index in [4.69, 9.17) is 19.7 Å². The Kier molecular flexibility index (Phi) is 8.05. The molecule has 3 aliphatic rings. The molecule has 4 aromatic rings. The summed E-state index contributed by atoms with van der Waals surface area (Å²) in [7, 11) is 0. The van der Waals surface area contributed by atoms with E-state index in [0.29, 0.717) is 0 Å². The van der Waals surface area contributed by atoms with Crippen LogP contribution in [0.4, 0.5) is 0 Å². The number of thiol groups is 1. The van der Waals surface area contributed by atoms with Crippen LogP contribution in [0.15, 0.2) is 94.9 Å². The average molecular weight is 640 g/mol. The molecule has 3 aromatic carbocycles. The minimum atomic E-state index is -0.339. The number of thiazole rings is 1. The Morgan fingerprint density at radius 3 is 1.93 bits per heavy atom. The van der Waals surface area contributed by atoms with Crippen LogP contribution in [-0.2, 0) is 0 Å². The Balaban J connectivity index is 1.27. The fourth-order valence-electron chi connectivity index (χ4n) is 5.76. The number of hydrogen-bond acceptors (Lipinski definition) is 8. The van der Waals surface area contributed by atoms with Gasteiger partial charge in [0.1, 0.15) is 26.2 Å². The van der Waals surface area contributed by atoms with E-state index in [1.807, 2.05) is 29.6 Å². The van der Waals surface area contributed by atoms with E-state index in [1.165, 1.54) is 19.3 Å². The van der Waals surface area contributed by atoms with Gasteiger partial charge in [0.15, 0.2) is 0 Å². The molecule has 3 heterocycles. The summed E-state index contributed by atoms with van der Waals surface area (Å²) in [5.41, 5.74) is 5.53. The monoisotopic (exact) mass is 639 g/mol. The highest BCUT2D eigenvalue weighted by Gasteiger charge is 2.60. The van der Waals surface area contributed by atoms with E-state index in [9.17, 15) is 0 Å². The third kappa shape index (κ3) is 5.20. The van der Waals surface area contributed by atoms with Crippen molar-refractivity contribution >= 4 is 69.0 Å². The lowest BCUT2D eigenvalue weighted by molar-refractivity contribution is 0.305. The summed E-state index contributed by atoms with van der Waals surface area (Å²) in [6, 6.07) is 29.4. The summed E-state index contributed by atoms with van der Waals surface area (Å²) in [5, 5.41) is 4.06. The Bertz CT molecular complexity index is 1830. The predicted molar refractivity (Wildman–Crippen MR) is 189 cm³/mol. The summed E-state index contributed by atoms with van der Waals surface area (Å²) in [4.78, 5) is 15.9. The van der Waals surface area contributed by atoms with Gasteiger partial charge >= 0.3 is 0 Å². The van der Waals surface area contributed by atoms with Crippen LogP contribution >= 0.6 is 47.5 Å². The van der Waals surface area contributed by atoms with E-state index < -0.39 is 0 Å². The van der Waals surface area contributed by atoms with Gasteiger partial charge in [0.05, 0.1) is 32.0 Å². The molecular formula is C35H33N3OS4. The largest absolute Gasteiger partial charge is 0.494 e. The summed E-state index contributed by atoms with van der Waals surface area (Å²) in [6.45, 7) is 5.42. The van der Waals surface area contributed by atoms with Crippen LogP contribution in [0, 0.1) is 0 Å². The van der Waals surface area contributed by atoms with Crippen molar-refractivity contribution in [2.75, 3.05) is 12.4 Å². The van der Waals surface area contributed by atoms with Crippen molar-refractivity contribution in [1.82, 2.24) is 4.98 Å². The second kappa shape index (κ2) is 12.0. The number of ether oxygens (including phenoxy) is 1. The van der Waals surface area contributed by atoms with Crippen LogP contribution in [0.3, 0.4) is 0 Å². The quantitative estimate of drug-likeness (QED) is 0.142. The molecule has 0 spiro atoms. The molecule has 0 amide bonds. The van der Waals surface area contributed by atoms with Gasteiger partial charge in [0.25, 0.3) is 0 Å². The first-order valence-electron chi connectivity index (χ1n) is 14.8. The first-order chi connectivity index (χ1) is 21.0. The Labute approximate surface area is 270 Å². The molecule has 218 valence electrons. The van der Waals surface area contributed by atoms with Crippen molar-refractivity contribution in [2.45, 2.75) is 49.0 Å². The molecule has 1 aliphatic carbocycles. The van der Waals surface area contributed by atoms with Gasteiger partial charge in [-0.05, 0) is 56.7 Å². The van der Waals surface area contributed by atoms with Gasteiger partial charge in [-0.3, -0.25) is 0 Å². The maximum absolute atomic E-state index is 6.04. The van der Waals surface area contributed by atoms with Crippen LogP contribution in [0.1, 0.15) is 50.7 Å². The van der Waals surface area contributed by atoms with Gasteiger partial charge in [-0.1, -0.05) is 97.0 Å². The summed E-state index contributed by atoms with van der Waals surface area (Å²) in [5.74, 6) is 1.86. The number of nitrogens with zero attached hydrogens (tertiary/aromatic N) is 3.